The van der Waals surface area contributed by atoms with Gasteiger partial charge in [0.15, 0.2) is 0 Å². The number of hydrogen-bond acceptors (Lipinski definition) is 4. The number of aryl methyl sites for hydroxylation is 1. The summed E-state index contributed by atoms with van der Waals surface area (Å²) in [7, 11) is 0. The number of nitrogens with zero attached hydrogens (tertiary/aromatic N) is 3. The molecule has 5 heteroatoms. The smallest absolute Gasteiger partial charge is 0.208 e. The second-order valence-corrected chi connectivity index (χ2v) is 3.90. The highest BCUT2D eigenvalue weighted by molar-refractivity contribution is 7.99. The van der Waals surface area contributed by atoms with E-state index in [0.717, 1.165) is 11.0 Å². The lowest BCUT2D eigenvalue weighted by Gasteiger charge is -2.00. The molecule has 1 aromatic heterocycles. The minimum atomic E-state index is 0.255. The molecule has 0 aliphatic rings. The van der Waals surface area contributed by atoms with E-state index in [9.17, 15) is 0 Å². The van der Waals surface area contributed by atoms with Crippen molar-refractivity contribution in [1.29, 1.82) is 5.26 Å². The summed E-state index contributed by atoms with van der Waals surface area (Å²) in [5, 5.41) is 16.1. The van der Waals surface area contributed by atoms with Crippen LogP contribution in [-0.4, -0.2) is 20.4 Å². The average Bonchev–Trinajstić information content (AvgIpc) is 2.36. The molecule has 0 saturated heterocycles. The first-order valence-electron chi connectivity index (χ1n) is 3.65. The summed E-state index contributed by atoms with van der Waals surface area (Å²) in [5.41, 5.74) is 0. The predicted octanol–water partition coefficient (Wildman–Crippen LogP) is 1.51. The maximum Gasteiger partial charge on any atom is 0.208 e. The summed E-state index contributed by atoms with van der Waals surface area (Å²) in [4.78, 5) is 4.12. The molecule has 0 spiro atoms. The average molecular weight is 182 g/mol. The number of nitrogens with one attached hydrogen (secondary N) is 1. The Labute approximate surface area is 75.4 Å². The second-order valence-electron chi connectivity index (χ2n) is 2.49. The molecule has 0 bridgehead atoms. The largest absolute Gasteiger partial charge is 0.262 e. The van der Waals surface area contributed by atoms with Gasteiger partial charge in [0.25, 0.3) is 0 Å². The lowest BCUT2D eigenvalue weighted by Crippen LogP contribution is -1.93. The van der Waals surface area contributed by atoms with Crippen molar-refractivity contribution in [2.45, 2.75) is 30.7 Å². The van der Waals surface area contributed by atoms with Crippen LogP contribution in [0.25, 0.3) is 0 Å². The molecule has 64 valence electrons. The van der Waals surface area contributed by atoms with Crippen molar-refractivity contribution in [2.75, 3.05) is 0 Å². The van der Waals surface area contributed by atoms with Gasteiger partial charge in [0, 0.05) is 11.7 Å². The van der Waals surface area contributed by atoms with Crippen molar-refractivity contribution >= 4 is 11.8 Å². The summed E-state index contributed by atoms with van der Waals surface area (Å²) in [6.07, 6.45) is 0.526. The fourth-order valence-corrected chi connectivity index (χ4v) is 1.53. The highest BCUT2D eigenvalue weighted by atomic mass is 32.2. The fraction of sp³-hybridized carbons (Fsp3) is 0.571. The van der Waals surface area contributed by atoms with Gasteiger partial charge in [-0.1, -0.05) is 18.7 Å². The zero-order valence-electron chi connectivity index (χ0n) is 7.03. The highest BCUT2D eigenvalue weighted by Gasteiger charge is 2.06. The Morgan fingerprint density at radius 1 is 1.75 bits per heavy atom. The van der Waals surface area contributed by atoms with Crippen LogP contribution in [-0.2, 0) is 0 Å². The molecule has 12 heavy (non-hydrogen) atoms. The molecule has 0 aliphatic carbocycles. The monoisotopic (exact) mass is 182 g/mol. The summed E-state index contributed by atoms with van der Waals surface area (Å²) in [5.74, 6) is 0.807. The lowest BCUT2D eigenvalue weighted by atomic mass is 10.4. The molecule has 0 aliphatic heterocycles. The first-order chi connectivity index (χ1) is 5.72. The van der Waals surface area contributed by atoms with Crippen LogP contribution in [0.1, 0.15) is 19.2 Å². The van der Waals surface area contributed by atoms with E-state index in [0.29, 0.717) is 6.42 Å². The predicted molar refractivity (Wildman–Crippen MR) is 46.7 cm³/mol. The van der Waals surface area contributed by atoms with Crippen LogP contribution in [0, 0.1) is 18.3 Å². The van der Waals surface area contributed by atoms with Crippen LogP contribution in [0.15, 0.2) is 5.16 Å². The van der Waals surface area contributed by atoms with Crippen molar-refractivity contribution in [3.8, 4) is 6.07 Å². The number of rotatable bonds is 3. The van der Waals surface area contributed by atoms with Gasteiger partial charge in [0.1, 0.15) is 5.82 Å². The van der Waals surface area contributed by atoms with Gasteiger partial charge < -0.3 is 0 Å². The first kappa shape index (κ1) is 9.07. The third-order valence-corrected chi connectivity index (χ3v) is 2.22. The minimum Gasteiger partial charge on any atom is -0.262 e. The Bertz CT molecular complexity index is 288. The van der Waals surface area contributed by atoms with Crippen molar-refractivity contribution in [1.82, 2.24) is 15.2 Å². The van der Waals surface area contributed by atoms with Crippen LogP contribution in [0.5, 0.6) is 0 Å². The Kier molecular flexibility index (Phi) is 3.11. The van der Waals surface area contributed by atoms with Gasteiger partial charge >= 0.3 is 0 Å². The molecule has 1 aromatic rings. The third-order valence-electron chi connectivity index (χ3n) is 1.26. The quantitative estimate of drug-likeness (QED) is 0.719. The van der Waals surface area contributed by atoms with Gasteiger partial charge in [0.05, 0.1) is 6.07 Å². The van der Waals surface area contributed by atoms with E-state index >= 15 is 0 Å². The second kappa shape index (κ2) is 4.12. The minimum absolute atomic E-state index is 0.255. The molecule has 0 saturated carbocycles. The molecule has 0 fully saturated rings. The van der Waals surface area contributed by atoms with Crippen LogP contribution < -0.4 is 0 Å². The van der Waals surface area contributed by atoms with E-state index in [2.05, 4.69) is 21.3 Å². The van der Waals surface area contributed by atoms with Gasteiger partial charge in [-0.3, -0.25) is 5.10 Å². The molecule has 1 heterocycles. The Balaban J connectivity index is 2.47. The fourth-order valence-electron chi connectivity index (χ4n) is 0.725. The van der Waals surface area contributed by atoms with Crippen LogP contribution in [0.3, 0.4) is 0 Å². The van der Waals surface area contributed by atoms with Gasteiger partial charge in [-0.05, 0) is 6.92 Å². The number of aromatic amines is 1. The van der Waals surface area contributed by atoms with Crippen molar-refractivity contribution in [3.63, 3.8) is 0 Å². The van der Waals surface area contributed by atoms with Crippen molar-refractivity contribution in [2.24, 2.45) is 0 Å². The van der Waals surface area contributed by atoms with Crippen LogP contribution >= 0.6 is 11.8 Å². The Morgan fingerprint density at radius 3 is 3.00 bits per heavy atom. The topological polar surface area (TPSA) is 65.4 Å². The van der Waals surface area contributed by atoms with E-state index in [-0.39, 0.29) is 5.25 Å². The number of thioether (sulfide) groups is 1. The molecular weight excluding hydrogens is 172 g/mol. The van der Waals surface area contributed by atoms with Crippen LogP contribution in [0.4, 0.5) is 0 Å². The number of hydrogen-bond donors (Lipinski definition) is 1. The molecule has 1 atom stereocenters. The SMILES string of the molecule is Cc1nc(SC(C)CC#N)n[nH]1. The molecule has 4 nitrogen and oxygen atoms in total. The third kappa shape index (κ3) is 2.55. The van der Waals surface area contributed by atoms with Crippen LogP contribution in [0.2, 0.25) is 0 Å². The normalized spacial score (nSPS) is 12.4. The summed E-state index contributed by atoms with van der Waals surface area (Å²) in [6, 6.07) is 2.11. The molecule has 1 rings (SSSR count). The van der Waals surface area contributed by atoms with Crippen molar-refractivity contribution in [3.05, 3.63) is 5.82 Å². The summed E-state index contributed by atoms with van der Waals surface area (Å²) in [6.45, 7) is 3.84. The van der Waals surface area contributed by atoms with E-state index < -0.39 is 0 Å². The Hall–Kier alpha value is -1.02. The number of aromatic nitrogens is 3. The maximum atomic E-state index is 8.41. The molecule has 1 N–H and O–H groups in total. The molecular formula is C7H10N4S. The summed E-state index contributed by atoms with van der Waals surface area (Å²) >= 11 is 1.51. The number of nitriles is 1. The van der Waals surface area contributed by atoms with E-state index in [4.69, 9.17) is 5.26 Å². The van der Waals surface area contributed by atoms with Gasteiger partial charge in [-0.25, -0.2) is 4.98 Å². The Morgan fingerprint density at radius 2 is 2.50 bits per heavy atom. The zero-order valence-corrected chi connectivity index (χ0v) is 7.85. The molecule has 1 unspecified atom stereocenters. The van der Waals surface area contributed by atoms with E-state index in [1.807, 2.05) is 13.8 Å². The van der Waals surface area contributed by atoms with E-state index in [1.54, 1.807) is 0 Å². The molecule has 0 aromatic carbocycles. The summed E-state index contributed by atoms with van der Waals surface area (Å²) < 4.78 is 0. The standard InChI is InChI=1S/C7H10N4S/c1-5(3-4-8)12-7-9-6(2)10-11-7/h5H,3H2,1-2H3,(H,9,10,11). The van der Waals surface area contributed by atoms with E-state index in [1.165, 1.54) is 11.8 Å². The molecule has 0 amide bonds. The first-order valence-corrected chi connectivity index (χ1v) is 4.53. The van der Waals surface area contributed by atoms with Crippen molar-refractivity contribution < 1.29 is 0 Å². The zero-order chi connectivity index (χ0) is 8.97. The maximum absolute atomic E-state index is 8.41. The van der Waals surface area contributed by atoms with Gasteiger partial charge in [0.2, 0.25) is 5.16 Å². The van der Waals surface area contributed by atoms with Gasteiger partial charge in [-0.15, -0.1) is 5.10 Å². The highest BCUT2D eigenvalue weighted by Crippen LogP contribution is 2.20. The number of H-pyrrole nitrogens is 1. The van der Waals surface area contributed by atoms with Gasteiger partial charge in [-0.2, -0.15) is 5.26 Å². The lowest BCUT2D eigenvalue weighted by molar-refractivity contribution is 0.938. The molecule has 0 radical (unpaired) electrons.